The van der Waals surface area contributed by atoms with Crippen LogP contribution in [0.15, 0.2) is 0 Å². The van der Waals surface area contributed by atoms with Gasteiger partial charge in [-0.2, -0.15) is 13.2 Å². The highest BCUT2D eigenvalue weighted by Crippen LogP contribution is 2.67. The Hall–Kier alpha value is -0.290. The summed E-state index contributed by atoms with van der Waals surface area (Å²) in [6.45, 7) is 10.3. The minimum atomic E-state index is -4.04. The van der Waals surface area contributed by atoms with Crippen molar-refractivity contribution < 1.29 is 23.4 Å². The minimum Gasteiger partial charge on any atom is -0.400 e. The van der Waals surface area contributed by atoms with Gasteiger partial charge in [0.05, 0.1) is 12.0 Å². The van der Waals surface area contributed by atoms with E-state index in [-0.39, 0.29) is 12.5 Å². The zero-order valence-electron chi connectivity index (χ0n) is 22.1. The molecule has 0 radical (unpaired) electrons. The number of aliphatic hydroxyl groups excluding tert-OH is 2. The summed E-state index contributed by atoms with van der Waals surface area (Å²) in [6.07, 6.45) is 8.69. The fourth-order valence-electron chi connectivity index (χ4n) is 8.65. The first-order valence-electron chi connectivity index (χ1n) is 13.7. The van der Waals surface area contributed by atoms with Crippen molar-refractivity contribution >= 4 is 0 Å². The van der Waals surface area contributed by atoms with Gasteiger partial charge in [-0.05, 0) is 111 Å². The second kappa shape index (κ2) is 11.6. The van der Waals surface area contributed by atoms with Gasteiger partial charge in [-0.3, -0.25) is 0 Å². The predicted molar refractivity (Wildman–Crippen MR) is 130 cm³/mol. The molecular formula is C28H51F3O2. The number of halogens is 3. The van der Waals surface area contributed by atoms with Crippen molar-refractivity contribution in [1.29, 1.82) is 0 Å². The van der Waals surface area contributed by atoms with Gasteiger partial charge >= 0.3 is 6.18 Å². The van der Waals surface area contributed by atoms with E-state index in [1.807, 2.05) is 13.8 Å². The van der Waals surface area contributed by atoms with Crippen molar-refractivity contribution in [2.75, 3.05) is 7.11 Å². The highest BCUT2D eigenvalue weighted by Gasteiger charge is 2.59. The van der Waals surface area contributed by atoms with Gasteiger partial charge in [-0.15, -0.1) is 0 Å². The van der Waals surface area contributed by atoms with Crippen LogP contribution in [0.1, 0.15) is 112 Å². The van der Waals surface area contributed by atoms with Gasteiger partial charge in [0.25, 0.3) is 0 Å². The van der Waals surface area contributed by atoms with Crippen molar-refractivity contribution in [3.63, 3.8) is 0 Å². The molecule has 2 N–H and O–H groups in total. The van der Waals surface area contributed by atoms with Crippen LogP contribution < -0.4 is 0 Å². The van der Waals surface area contributed by atoms with Crippen LogP contribution in [-0.4, -0.2) is 29.6 Å². The molecular weight excluding hydrogens is 425 g/mol. The second-order valence-corrected chi connectivity index (χ2v) is 11.8. The van der Waals surface area contributed by atoms with E-state index in [0.29, 0.717) is 22.7 Å². The molecule has 0 bridgehead atoms. The van der Waals surface area contributed by atoms with E-state index in [2.05, 4.69) is 13.8 Å². The third-order valence-corrected chi connectivity index (χ3v) is 10.6. The molecule has 0 spiro atoms. The number of aliphatic hydroxyl groups is 2. The summed E-state index contributed by atoms with van der Waals surface area (Å²) in [4.78, 5) is 0. The SMILES string of the molecule is CC.CC(CCCC1CCC2C3CCC4CC(O)CCC4(C)C3CCC12C)C(F)(F)F.CO. The molecule has 0 aromatic carbocycles. The van der Waals surface area contributed by atoms with E-state index in [0.717, 1.165) is 50.5 Å². The van der Waals surface area contributed by atoms with E-state index in [9.17, 15) is 18.3 Å². The highest BCUT2D eigenvalue weighted by molar-refractivity contribution is 5.09. The number of hydrogen-bond acceptors (Lipinski definition) is 2. The predicted octanol–water partition coefficient (Wildman–Crippen LogP) is 8.01. The van der Waals surface area contributed by atoms with Gasteiger partial charge in [0.1, 0.15) is 0 Å². The lowest BCUT2D eigenvalue weighted by molar-refractivity contribution is -0.171. The monoisotopic (exact) mass is 476 g/mol. The van der Waals surface area contributed by atoms with E-state index in [4.69, 9.17) is 5.11 Å². The quantitative estimate of drug-likeness (QED) is 0.431. The van der Waals surface area contributed by atoms with Crippen molar-refractivity contribution in [2.45, 2.75) is 124 Å². The van der Waals surface area contributed by atoms with Crippen LogP contribution in [0.5, 0.6) is 0 Å². The van der Waals surface area contributed by atoms with Crippen LogP contribution >= 0.6 is 0 Å². The standard InChI is InChI=1S/C25H41F3O.C2H6.CH4O/c1-16(25(26,27)28)5-4-6-17-8-10-21-20-9-7-18-15-19(29)11-13-24(18,3)22(20)12-14-23(17,21)2;2*1-2/h16-22,29H,4-15H2,1-3H3;1-2H3;2H,1H3. The van der Waals surface area contributed by atoms with Crippen LogP contribution in [0, 0.1) is 46.3 Å². The van der Waals surface area contributed by atoms with E-state index in [1.54, 1.807) is 0 Å². The first kappa shape index (κ1) is 28.9. The van der Waals surface area contributed by atoms with E-state index in [1.165, 1.54) is 51.9 Å². The highest BCUT2D eigenvalue weighted by atomic mass is 19.4. The van der Waals surface area contributed by atoms with Crippen molar-refractivity contribution in [3.8, 4) is 0 Å². The van der Waals surface area contributed by atoms with Crippen molar-refractivity contribution in [1.82, 2.24) is 0 Å². The Bertz CT molecular complexity index is 594. The normalized spacial score (nSPS) is 43.0. The largest absolute Gasteiger partial charge is 0.400 e. The molecule has 4 rings (SSSR count). The molecule has 4 aliphatic carbocycles. The molecule has 0 aliphatic heterocycles. The van der Waals surface area contributed by atoms with Gasteiger partial charge in [-0.25, -0.2) is 0 Å². The van der Waals surface area contributed by atoms with Crippen molar-refractivity contribution in [3.05, 3.63) is 0 Å². The molecule has 9 atom stereocenters. The molecule has 0 amide bonds. The lowest BCUT2D eigenvalue weighted by Crippen LogP contribution is -2.53. The zero-order chi connectivity index (χ0) is 25.0. The first-order valence-corrected chi connectivity index (χ1v) is 13.7. The molecule has 0 aromatic rings. The maximum Gasteiger partial charge on any atom is 0.391 e. The molecule has 4 fully saturated rings. The molecule has 5 heteroatoms. The number of hydrogen-bond donors (Lipinski definition) is 2. The fourth-order valence-corrected chi connectivity index (χ4v) is 8.65. The summed E-state index contributed by atoms with van der Waals surface area (Å²) in [5, 5.41) is 17.2. The molecule has 4 aliphatic rings. The summed E-state index contributed by atoms with van der Waals surface area (Å²) in [5.41, 5.74) is 0.754. The zero-order valence-corrected chi connectivity index (χ0v) is 22.1. The first-order chi connectivity index (χ1) is 15.6. The lowest BCUT2D eigenvalue weighted by atomic mass is 9.44. The minimum absolute atomic E-state index is 0.0894. The van der Waals surface area contributed by atoms with Crippen LogP contribution in [-0.2, 0) is 0 Å². The van der Waals surface area contributed by atoms with Crippen LogP contribution in [0.4, 0.5) is 13.2 Å². The molecule has 4 saturated carbocycles. The third kappa shape index (κ3) is 5.76. The average molecular weight is 477 g/mol. The summed E-state index contributed by atoms with van der Waals surface area (Å²) >= 11 is 0. The Morgan fingerprint density at radius 2 is 1.48 bits per heavy atom. The lowest BCUT2D eigenvalue weighted by Gasteiger charge is -2.61. The Labute approximate surface area is 201 Å². The van der Waals surface area contributed by atoms with Crippen LogP contribution in [0.3, 0.4) is 0 Å². The molecule has 0 heterocycles. The summed E-state index contributed by atoms with van der Waals surface area (Å²) in [5.74, 6) is 2.53. The summed E-state index contributed by atoms with van der Waals surface area (Å²) < 4.78 is 38.6. The maximum absolute atomic E-state index is 12.9. The van der Waals surface area contributed by atoms with Gasteiger partial charge < -0.3 is 10.2 Å². The molecule has 33 heavy (non-hydrogen) atoms. The van der Waals surface area contributed by atoms with Gasteiger partial charge in [0.2, 0.25) is 0 Å². The molecule has 2 nitrogen and oxygen atoms in total. The smallest absolute Gasteiger partial charge is 0.391 e. The van der Waals surface area contributed by atoms with E-state index < -0.39 is 12.1 Å². The summed E-state index contributed by atoms with van der Waals surface area (Å²) in [6, 6.07) is 0. The number of alkyl halides is 3. The Morgan fingerprint density at radius 1 is 0.879 bits per heavy atom. The van der Waals surface area contributed by atoms with Crippen LogP contribution in [0.2, 0.25) is 0 Å². The topological polar surface area (TPSA) is 40.5 Å². The maximum atomic E-state index is 12.9. The second-order valence-electron chi connectivity index (χ2n) is 11.8. The number of rotatable bonds is 4. The molecule has 0 aromatic heterocycles. The van der Waals surface area contributed by atoms with Crippen LogP contribution in [0.25, 0.3) is 0 Å². The molecule has 9 unspecified atom stereocenters. The summed E-state index contributed by atoms with van der Waals surface area (Å²) in [7, 11) is 1.00. The van der Waals surface area contributed by atoms with E-state index >= 15 is 0 Å². The van der Waals surface area contributed by atoms with Gasteiger partial charge in [0.15, 0.2) is 0 Å². The Kier molecular flexibility index (Phi) is 10.2. The van der Waals surface area contributed by atoms with Gasteiger partial charge in [-0.1, -0.05) is 41.0 Å². The third-order valence-electron chi connectivity index (χ3n) is 10.6. The average Bonchev–Trinajstić information content (AvgIpc) is 3.12. The Balaban J connectivity index is 0.000000914. The fraction of sp³-hybridized carbons (Fsp3) is 1.00. The van der Waals surface area contributed by atoms with Gasteiger partial charge in [0, 0.05) is 7.11 Å². The molecule has 196 valence electrons. The Morgan fingerprint density at radius 3 is 2.12 bits per heavy atom. The molecule has 0 saturated heterocycles. The van der Waals surface area contributed by atoms with Crippen molar-refractivity contribution in [2.24, 2.45) is 46.3 Å². The number of fused-ring (bicyclic) bond motifs is 5.